The number of hydrogen-bond acceptors (Lipinski definition) is 4. The Bertz CT molecular complexity index is 623. The van der Waals surface area contributed by atoms with Crippen LogP contribution < -0.4 is 10.1 Å². The topological polar surface area (TPSA) is 58.6 Å². The molecule has 0 saturated carbocycles. The van der Waals surface area contributed by atoms with Crippen molar-refractivity contribution in [2.24, 2.45) is 0 Å². The highest BCUT2D eigenvalue weighted by atomic mass is 35.5. The highest BCUT2D eigenvalue weighted by Crippen LogP contribution is 2.33. The van der Waals surface area contributed by atoms with Gasteiger partial charge >= 0.3 is 0 Å². The number of methoxy groups -OCH3 is 1. The minimum Gasteiger partial charge on any atom is -0.495 e. The van der Waals surface area contributed by atoms with Crippen LogP contribution in [-0.2, 0) is 10.0 Å². The lowest BCUT2D eigenvalue weighted by Gasteiger charge is -2.25. The number of hydrogen-bond donors (Lipinski definition) is 1. The SMILES string of the molecule is CNCC1CCCN1S(=O)(=O)c1cc(Cl)c(OC)cc1C.Cl. The van der Waals surface area contributed by atoms with Crippen molar-refractivity contribution in [1.29, 1.82) is 0 Å². The molecule has 0 amide bonds. The highest BCUT2D eigenvalue weighted by molar-refractivity contribution is 7.89. The molecule has 2 rings (SSSR count). The van der Waals surface area contributed by atoms with Gasteiger partial charge in [-0.2, -0.15) is 4.31 Å². The van der Waals surface area contributed by atoms with E-state index >= 15 is 0 Å². The molecule has 1 N–H and O–H groups in total. The summed E-state index contributed by atoms with van der Waals surface area (Å²) in [6.45, 7) is 2.97. The molecule has 1 saturated heterocycles. The van der Waals surface area contributed by atoms with Gasteiger partial charge in [-0.3, -0.25) is 0 Å². The van der Waals surface area contributed by atoms with Gasteiger partial charge in [0.15, 0.2) is 0 Å². The van der Waals surface area contributed by atoms with Gasteiger partial charge in [-0.1, -0.05) is 11.6 Å². The first kappa shape index (κ1) is 19.5. The van der Waals surface area contributed by atoms with Gasteiger partial charge in [0, 0.05) is 19.1 Å². The Hall–Kier alpha value is -0.530. The zero-order valence-electron chi connectivity index (χ0n) is 12.9. The number of benzene rings is 1. The molecule has 1 aliphatic heterocycles. The third kappa shape index (κ3) is 3.68. The molecule has 0 spiro atoms. The maximum absolute atomic E-state index is 12.9. The molecule has 8 heteroatoms. The molecule has 1 unspecified atom stereocenters. The molecule has 0 aromatic heterocycles. The fourth-order valence-electron chi connectivity index (χ4n) is 2.76. The first-order valence-corrected chi connectivity index (χ1v) is 8.74. The molecule has 126 valence electrons. The van der Waals surface area contributed by atoms with Gasteiger partial charge in [0.25, 0.3) is 0 Å². The highest BCUT2D eigenvalue weighted by Gasteiger charge is 2.35. The van der Waals surface area contributed by atoms with Crippen LogP contribution in [-0.4, -0.2) is 46.0 Å². The first-order chi connectivity index (χ1) is 9.91. The summed E-state index contributed by atoms with van der Waals surface area (Å²) in [5.74, 6) is 0.487. The van der Waals surface area contributed by atoms with Crippen LogP contribution in [0, 0.1) is 6.92 Å². The average Bonchev–Trinajstić information content (AvgIpc) is 2.90. The van der Waals surface area contributed by atoms with Crippen molar-refractivity contribution in [2.75, 3.05) is 27.2 Å². The van der Waals surface area contributed by atoms with Gasteiger partial charge in [0.05, 0.1) is 17.0 Å². The smallest absolute Gasteiger partial charge is 0.243 e. The second kappa shape index (κ2) is 7.84. The van der Waals surface area contributed by atoms with Crippen LogP contribution in [0.4, 0.5) is 0 Å². The van der Waals surface area contributed by atoms with E-state index in [1.807, 2.05) is 7.05 Å². The van der Waals surface area contributed by atoms with Crippen molar-refractivity contribution in [3.05, 3.63) is 22.7 Å². The van der Waals surface area contributed by atoms with Crippen LogP contribution in [0.15, 0.2) is 17.0 Å². The van der Waals surface area contributed by atoms with Crippen molar-refractivity contribution < 1.29 is 13.2 Å². The van der Waals surface area contributed by atoms with E-state index in [0.717, 1.165) is 12.8 Å². The second-order valence-electron chi connectivity index (χ2n) is 5.22. The number of likely N-dealkylation sites (N-methyl/N-ethyl adjacent to an activating group) is 1. The molecule has 1 aromatic rings. The number of rotatable bonds is 5. The van der Waals surface area contributed by atoms with Crippen molar-refractivity contribution in [3.8, 4) is 5.75 Å². The van der Waals surface area contributed by atoms with E-state index in [-0.39, 0.29) is 23.3 Å². The third-order valence-electron chi connectivity index (χ3n) is 3.80. The number of ether oxygens (including phenoxy) is 1. The van der Waals surface area contributed by atoms with Gasteiger partial charge in [-0.05, 0) is 44.5 Å². The number of halogens is 2. The van der Waals surface area contributed by atoms with Crippen LogP contribution in [0.1, 0.15) is 18.4 Å². The molecule has 1 aromatic carbocycles. The van der Waals surface area contributed by atoms with E-state index in [9.17, 15) is 8.42 Å². The summed E-state index contributed by atoms with van der Waals surface area (Å²) in [7, 11) is -0.191. The summed E-state index contributed by atoms with van der Waals surface area (Å²) >= 11 is 6.09. The lowest BCUT2D eigenvalue weighted by molar-refractivity contribution is 0.378. The Kier molecular flexibility index (Phi) is 6.95. The van der Waals surface area contributed by atoms with Gasteiger partial charge in [-0.15, -0.1) is 12.4 Å². The lowest BCUT2D eigenvalue weighted by Crippen LogP contribution is -2.41. The molecular formula is C14H22Cl2N2O3S. The molecule has 0 radical (unpaired) electrons. The Labute approximate surface area is 143 Å². The minimum absolute atomic E-state index is 0. The van der Waals surface area contributed by atoms with Crippen molar-refractivity contribution in [1.82, 2.24) is 9.62 Å². The molecule has 22 heavy (non-hydrogen) atoms. The zero-order valence-corrected chi connectivity index (χ0v) is 15.3. The van der Waals surface area contributed by atoms with Crippen LogP contribution >= 0.6 is 24.0 Å². The Morgan fingerprint density at radius 3 is 2.73 bits per heavy atom. The molecule has 0 aliphatic carbocycles. The average molecular weight is 369 g/mol. The maximum atomic E-state index is 12.9. The van der Waals surface area contributed by atoms with E-state index in [2.05, 4.69) is 5.32 Å². The summed E-state index contributed by atoms with van der Waals surface area (Å²) in [5, 5.41) is 3.37. The van der Waals surface area contributed by atoms with E-state index in [0.29, 0.717) is 29.4 Å². The quantitative estimate of drug-likeness (QED) is 0.866. The summed E-state index contributed by atoms with van der Waals surface area (Å²) in [6.07, 6.45) is 1.76. The van der Waals surface area contributed by atoms with Gasteiger partial charge < -0.3 is 10.1 Å². The fourth-order valence-corrected chi connectivity index (χ4v) is 5.00. The van der Waals surface area contributed by atoms with E-state index < -0.39 is 10.0 Å². The van der Waals surface area contributed by atoms with Crippen LogP contribution in [0.25, 0.3) is 0 Å². The Morgan fingerprint density at radius 2 is 2.14 bits per heavy atom. The van der Waals surface area contributed by atoms with Crippen molar-refractivity contribution >= 4 is 34.0 Å². The maximum Gasteiger partial charge on any atom is 0.243 e. The number of nitrogens with zero attached hydrogens (tertiary/aromatic N) is 1. The summed E-state index contributed by atoms with van der Waals surface area (Å²) < 4.78 is 32.5. The van der Waals surface area contributed by atoms with Crippen LogP contribution in [0.5, 0.6) is 5.75 Å². The normalized spacial score (nSPS) is 19.0. The standard InChI is InChI=1S/C14H21ClN2O3S.ClH/c1-10-7-13(20-3)12(15)8-14(10)21(18,19)17-6-4-5-11(17)9-16-2;/h7-8,11,16H,4-6,9H2,1-3H3;1H. The summed E-state index contributed by atoms with van der Waals surface area (Å²) in [5.41, 5.74) is 0.645. The number of nitrogens with one attached hydrogen (secondary N) is 1. The zero-order chi connectivity index (χ0) is 15.6. The lowest BCUT2D eigenvalue weighted by atomic mass is 10.2. The molecular weight excluding hydrogens is 347 g/mol. The molecule has 1 atom stereocenters. The minimum atomic E-state index is -3.53. The molecule has 1 heterocycles. The second-order valence-corrected chi connectivity index (χ2v) is 7.49. The largest absolute Gasteiger partial charge is 0.495 e. The molecule has 5 nitrogen and oxygen atoms in total. The van der Waals surface area contributed by atoms with Crippen molar-refractivity contribution in [2.45, 2.75) is 30.7 Å². The van der Waals surface area contributed by atoms with E-state index in [1.165, 1.54) is 13.2 Å². The van der Waals surface area contributed by atoms with E-state index in [1.54, 1.807) is 17.3 Å². The molecule has 1 aliphatic rings. The van der Waals surface area contributed by atoms with Crippen LogP contribution in [0.2, 0.25) is 5.02 Å². The first-order valence-electron chi connectivity index (χ1n) is 6.92. The monoisotopic (exact) mass is 368 g/mol. The van der Waals surface area contributed by atoms with E-state index in [4.69, 9.17) is 16.3 Å². The van der Waals surface area contributed by atoms with Gasteiger partial charge in [-0.25, -0.2) is 8.42 Å². The van der Waals surface area contributed by atoms with Crippen LogP contribution in [0.3, 0.4) is 0 Å². The number of sulfonamides is 1. The van der Waals surface area contributed by atoms with Gasteiger partial charge in [0.1, 0.15) is 5.75 Å². The molecule has 0 bridgehead atoms. The Morgan fingerprint density at radius 1 is 1.45 bits per heavy atom. The fraction of sp³-hybridized carbons (Fsp3) is 0.571. The number of aryl methyl sites for hydroxylation is 1. The third-order valence-corrected chi connectivity index (χ3v) is 6.19. The summed E-state index contributed by atoms with van der Waals surface area (Å²) in [6, 6.07) is 3.15. The van der Waals surface area contributed by atoms with Crippen molar-refractivity contribution in [3.63, 3.8) is 0 Å². The summed E-state index contributed by atoms with van der Waals surface area (Å²) in [4.78, 5) is 0.260. The predicted octanol–water partition coefficient (Wildman–Crippen LogP) is 2.45. The molecule has 1 fully saturated rings. The Balaban J connectivity index is 0.00000242. The van der Waals surface area contributed by atoms with Gasteiger partial charge in [0.2, 0.25) is 10.0 Å². The predicted molar refractivity (Wildman–Crippen MR) is 90.8 cm³/mol.